The number of carbonyl (C=O) groups is 2. The molecule has 0 aromatic heterocycles. The van der Waals surface area contributed by atoms with Crippen molar-refractivity contribution in [3.05, 3.63) is 23.8 Å². The Kier molecular flexibility index (Phi) is 8.21. The van der Waals surface area contributed by atoms with E-state index < -0.39 is 12.1 Å². The summed E-state index contributed by atoms with van der Waals surface area (Å²) in [6, 6.07) is 4.59. The van der Waals surface area contributed by atoms with Gasteiger partial charge >= 0.3 is 6.03 Å². The van der Waals surface area contributed by atoms with Crippen LogP contribution in [0.15, 0.2) is 18.2 Å². The van der Waals surface area contributed by atoms with Crippen molar-refractivity contribution < 1.29 is 19.1 Å². The van der Waals surface area contributed by atoms with Crippen LogP contribution in [0.4, 0.5) is 4.79 Å². The van der Waals surface area contributed by atoms with Crippen LogP contribution in [0.1, 0.15) is 26.3 Å². The van der Waals surface area contributed by atoms with E-state index in [1.165, 1.54) is 0 Å². The number of hydrogen-bond donors (Lipinski definition) is 2. The fourth-order valence-electron chi connectivity index (χ4n) is 2.15. The highest BCUT2D eigenvalue weighted by Gasteiger charge is 2.21. The maximum Gasteiger partial charge on any atom is 0.321 e. The first-order chi connectivity index (χ1) is 11.8. The summed E-state index contributed by atoms with van der Waals surface area (Å²) in [5, 5.41) is 5.03. The number of ether oxygens (including phenoxy) is 2. The molecule has 2 N–H and O–H groups in total. The molecule has 1 rings (SSSR count). The van der Waals surface area contributed by atoms with Crippen molar-refractivity contribution in [3.63, 3.8) is 0 Å². The average Bonchev–Trinajstić information content (AvgIpc) is 2.59. The van der Waals surface area contributed by atoms with E-state index in [0.717, 1.165) is 5.56 Å². The molecule has 3 amide bonds. The Bertz CT molecular complexity index is 590. The van der Waals surface area contributed by atoms with Crippen molar-refractivity contribution in [2.24, 2.45) is 5.92 Å². The zero-order chi connectivity index (χ0) is 19.0. The lowest BCUT2D eigenvalue weighted by Gasteiger charge is -2.24. The summed E-state index contributed by atoms with van der Waals surface area (Å²) in [6.45, 7) is 6.74. The number of nitrogens with zero attached hydrogens (tertiary/aromatic N) is 1. The smallest absolute Gasteiger partial charge is 0.321 e. The molecule has 1 aromatic rings. The normalized spacial score (nSPS) is 12.0. The van der Waals surface area contributed by atoms with Crippen molar-refractivity contribution in [2.45, 2.75) is 33.4 Å². The Hall–Kier alpha value is -2.28. The maximum atomic E-state index is 12.2. The molecule has 140 valence electrons. The predicted molar refractivity (Wildman–Crippen MR) is 96.9 cm³/mol. The van der Waals surface area contributed by atoms with Crippen LogP contribution in [0.2, 0.25) is 0 Å². The predicted octanol–water partition coefficient (Wildman–Crippen LogP) is 2.01. The number of benzene rings is 1. The van der Waals surface area contributed by atoms with Gasteiger partial charge in [-0.3, -0.25) is 15.0 Å². The zero-order valence-electron chi connectivity index (χ0n) is 15.9. The number of methoxy groups -OCH3 is 2. The van der Waals surface area contributed by atoms with Crippen LogP contribution in [0.25, 0.3) is 0 Å². The van der Waals surface area contributed by atoms with Crippen molar-refractivity contribution in [3.8, 4) is 11.5 Å². The number of likely N-dealkylation sites (N-methyl/N-ethyl adjacent to an activating group) is 1. The largest absolute Gasteiger partial charge is 0.497 e. The molecule has 1 aromatic carbocycles. The topological polar surface area (TPSA) is 79.9 Å². The fourth-order valence-corrected chi connectivity index (χ4v) is 2.15. The van der Waals surface area contributed by atoms with Crippen molar-refractivity contribution >= 4 is 11.9 Å². The lowest BCUT2D eigenvalue weighted by atomic mass is 10.1. The average molecular weight is 351 g/mol. The summed E-state index contributed by atoms with van der Waals surface area (Å²) in [6.07, 6.45) is 0. The molecule has 0 heterocycles. The van der Waals surface area contributed by atoms with Crippen LogP contribution in [0, 0.1) is 5.92 Å². The number of amides is 3. The lowest BCUT2D eigenvalue weighted by Crippen LogP contribution is -2.48. The second-order valence-corrected chi connectivity index (χ2v) is 6.36. The Labute approximate surface area is 149 Å². The highest BCUT2D eigenvalue weighted by Crippen LogP contribution is 2.25. The molecular weight excluding hydrogens is 322 g/mol. The van der Waals surface area contributed by atoms with Crippen LogP contribution in [-0.4, -0.2) is 50.7 Å². The van der Waals surface area contributed by atoms with E-state index >= 15 is 0 Å². The second-order valence-electron chi connectivity index (χ2n) is 6.36. The van der Waals surface area contributed by atoms with Crippen LogP contribution in [0.3, 0.4) is 0 Å². The highest BCUT2D eigenvalue weighted by atomic mass is 16.5. The summed E-state index contributed by atoms with van der Waals surface area (Å²) in [5.74, 6) is 1.36. The molecule has 25 heavy (non-hydrogen) atoms. The number of rotatable bonds is 8. The quantitative estimate of drug-likeness (QED) is 0.749. The summed E-state index contributed by atoms with van der Waals surface area (Å²) in [5.41, 5.74) is 0.926. The minimum atomic E-state index is -0.475. The molecule has 0 bridgehead atoms. The highest BCUT2D eigenvalue weighted by molar-refractivity contribution is 5.96. The molecule has 0 fully saturated rings. The minimum Gasteiger partial charge on any atom is -0.497 e. The third-order valence-electron chi connectivity index (χ3n) is 3.86. The van der Waals surface area contributed by atoms with Crippen LogP contribution < -0.4 is 20.1 Å². The van der Waals surface area contributed by atoms with Crippen molar-refractivity contribution in [1.29, 1.82) is 0 Å². The Morgan fingerprint density at radius 3 is 2.40 bits per heavy atom. The zero-order valence-corrected chi connectivity index (χ0v) is 15.9. The van der Waals surface area contributed by atoms with Crippen LogP contribution in [0.5, 0.6) is 11.5 Å². The summed E-state index contributed by atoms with van der Waals surface area (Å²) < 4.78 is 10.6. The van der Waals surface area contributed by atoms with Gasteiger partial charge in [0, 0.05) is 24.7 Å². The first-order valence-corrected chi connectivity index (χ1v) is 8.28. The molecule has 0 aliphatic heterocycles. The summed E-state index contributed by atoms with van der Waals surface area (Å²) in [4.78, 5) is 25.8. The van der Waals surface area contributed by atoms with Gasteiger partial charge in [0.05, 0.1) is 20.3 Å². The second kappa shape index (κ2) is 9.88. The SMILES string of the molecule is COc1ccc(CN(C)C(C)C(=O)NC(=O)NCC(C)C)c(OC)c1. The van der Waals surface area contributed by atoms with E-state index in [0.29, 0.717) is 30.5 Å². The molecule has 0 spiro atoms. The van der Waals surface area contributed by atoms with Gasteiger partial charge in [-0.05, 0) is 26.0 Å². The van der Waals surface area contributed by atoms with Crippen LogP contribution >= 0.6 is 0 Å². The third kappa shape index (κ3) is 6.62. The van der Waals surface area contributed by atoms with E-state index in [4.69, 9.17) is 9.47 Å². The number of carbonyl (C=O) groups excluding carboxylic acids is 2. The summed E-state index contributed by atoms with van der Waals surface area (Å²) in [7, 11) is 5.00. The fraction of sp³-hybridized carbons (Fsp3) is 0.556. The van der Waals surface area contributed by atoms with Gasteiger partial charge in [-0.1, -0.05) is 19.9 Å². The van der Waals surface area contributed by atoms with Gasteiger partial charge in [0.2, 0.25) is 5.91 Å². The van der Waals surface area contributed by atoms with E-state index in [1.54, 1.807) is 27.2 Å². The molecule has 1 atom stereocenters. The Balaban J connectivity index is 2.65. The van der Waals surface area contributed by atoms with Gasteiger partial charge in [0.15, 0.2) is 0 Å². The van der Waals surface area contributed by atoms with E-state index in [-0.39, 0.29) is 5.91 Å². The monoisotopic (exact) mass is 351 g/mol. The van der Waals surface area contributed by atoms with Gasteiger partial charge in [-0.25, -0.2) is 4.79 Å². The van der Waals surface area contributed by atoms with Gasteiger partial charge in [-0.15, -0.1) is 0 Å². The van der Waals surface area contributed by atoms with Gasteiger partial charge in [0.25, 0.3) is 0 Å². The van der Waals surface area contributed by atoms with E-state index in [1.807, 2.05) is 37.9 Å². The molecular formula is C18H29N3O4. The number of nitrogens with one attached hydrogen (secondary N) is 2. The van der Waals surface area contributed by atoms with E-state index in [2.05, 4.69) is 10.6 Å². The molecule has 0 saturated heterocycles. The number of imide groups is 1. The standard InChI is InChI=1S/C18H29N3O4/c1-12(2)10-19-18(23)20-17(22)13(3)21(4)11-14-7-8-15(24-5)9-16(14)25-6/h7-9,12-13H,10-11H2,1-6H3,(H2,19,20,22,23). The van der Waals surface area contributed by atoms with Crippen LogP contribution in [-0.2, 0) is 11.3 Å². The molecule has 7 nitrogen and oxygen atoms in total. The lowest BCUT2D eigenvalue weighted by molar-refractivity contribution is -0.124. The number of hydrogen-bond acceptors (Lipinski definition) is 5. The van der Waals surface area contributed by atoms with Gasteiger partial charge in [-0.2, -0.15) is 0 Å². The third-order valence-corrected chi connectivity index (χ3v) is 3.86. The molecule has 0 aliphatic rings. The Morgan fingerprint density at radius 2 is 1.84 bits per heavy atom. The van der Waals surface area contributed by atoms with Gasteiger partial charge in [0.1, 0.15) is 11.5 Å². The first-order valence-electron chi connectivity index (χ1n) is 8.28. The summed E-state index contributed by atoms with van der Waals surface area (Å²) >= 11 is 0. The molecule has 0 aliphatic carbocycles. The van der Waals surface area contributed by atoms with Gasteiger partial charge < -0.3 is 14.8 Å². The molecule has 1 unspecified atom stereocenters. The van der Waals surface area contributed by atoms with E-state index in [9.17, 15) is 9.59 Å². The Morgan fingerprint density at radius 1 is 1.16 bits per heavy atom. The van der Waals surface area contributed by atoms with Crippen molar-refractivity contribution in [1.82, 2.24) is 15.5 Å². The molecule has 7 heteroatoms. The minimum absolute atomic E-state index is 0.323. The van der Waals surface area contributed by atoms with Crippen molar-refractivity contribution in [2.75, 3.05) is 27.8 Å². The maximum absolute atomic E-state index is 12.2. The number of urea groups is 1. The first kappa shape index (κ1) is 20.8. The molecule has 0 saturated carbocycles. The molecule has 0 radical (unpaired) electrons.